The van der Waals surface area contributed by atoms with E-state index in [-0.39, 0.29) is 12.3 Å². The Hall–Kier alpha value is -2.60. The minimum absolute atomic E-state index is 0.0444. The molecule has 0 fully saturated rings. The van der Waals surface area contributed by atoms with Crippen molar-refractivity contribution in [2.45, 2.75) is 13.8 Å². The highest BCUT2D eigenvalue weighted by Crippen LogP contribution is 2.25. The van der Waals surface area contributed by atoms with Crippen molar-refractivity contribution < 1.29 is 14.5 Å². The first-order chi connectivity index (χ1) is 10.9. The zero-order valence-electron chi connectivity index (χ0n) is 12.6. The van der Waals surface area contributed by atoms with Crippen LogP contribution in [0.15, 0.2) is 36.4 Å². The molecular formula is C16H15ClN2O4. The fourth-order valence-corrected chi connectivity index (χ4v) is 2.12. The molecule has 0 aliphatic rings. The first kappa shape index (κ1) is 16.8. The van der Waals surface area contributed by atoms with Gasteiger partial charge in [0.2, 0.25) is 0 Å². The van der Waals surface area contributed by atoms with Crippen molar-refractivity contribution in [2.75, 3.05) is 11.9 Å². The maximum absolute atomic E-state index is 11.9. The SMILES string of the molecule is Cc1cc(OCC(=O)Nc2cccc([N+](=O)[O-])c2C)ccc1Cl. The molecule has 1 amide bonds. The molecule has 0 spiro atoms. The number of carbonyl (C=O) groups is 1. The van der Waals surface area contributed by atoms with Crippen molar-refractivity contribution in [3.8, 4) is 5.75 Å². The number of carbonyl (C=O) groups excluding carboxylic acids is 1. The predicted octanol–water partition coefficient (Wildman–Crippen LogP) is 3.88. The van der Waals surface area contributed by atoms with E-state index in [4.69, 9.17) is 16.3 Å². The van der Waals surface area contributed by atoms with Crippen LogP contribution in [0.4, 0.5) is 11.4 Å². The summed E-state index contributed by atoms with van der Waals surface area (Å²) in [6.07, 6.45) is 0. The number of hydrogen-bond donors (Lipinski definition) is 1. The molecule has 0 aliphatic carbocycles. The number of rotatable bonds is 5. The number of halogens is 1. The van der Waals surface area contributed by atoms with Crippen LogP contribution in [0.3, 0.4) is 0 Å². The Balaban J connectivity index is 2.01. The molecule has 0 aliphatic heterocycles. The lowest BCUT2D eigenvalue weighted by Gasteiger charge is -2.10. The number of benzene rings is 2. The second-order valence-corrected chi connectivity index (χ2v) is 5.36. The van der Waals surface area contributed by atoms with Crippen LogP contribution in [0.5, 0.6) is 5.75 Å². The predicted molar refractivity (Wildman–Crippen MR) is 88.1 cm³/mol. The van der Waals surface area contributed by atoms with E-state index in [1.54, 1.807) is 31.2 Å². The highest BCUT2D eigenvalue weighted by atomic mass is 35.5. The number of hydrogen-bond acceptors (Lipinski definition) is 4. The Morgan fingerprint density at radius 1 is 1.30 bits per heavy atom. The zero-order chi connectivity index (χ0) is 17.0. The average Bonchev–Trinajstić information content (AvgIpc) is 2.50. The third-order valence-electron chi connectivity index (χ3n) is 3.28. The molecule has 0 aromatic heterocycles. The third kappa shape index (κ3) is 4.20. The van der Waals surface area contributed by atoms with Gasteiger partial charge in [0.25, 0.3) is 11.6 Å². The molecule has 0 saturated carbocycles. The molecule has 0 atom stereocenters. The molecule has 23 heavy (non-hydrogen) atoms. The summed E-state index contributed by atoms with van der Waals surface area (Å²) in [6.45, 7) is 3.21. The molecule has 0 bridgehead atoms. The molecule has 6 nitrogen and oxygen atoms in total. The summed E-state index contributed by atoms with van der Waals surface area (Å²) < 4.78 is 5.39. The van der Waals surface area contributed by atoms with Crippen molar-refractivity contribution in [2.24, 2.45) is 0 Å². The van der Waals surface area contributed by atoms with Crippen LogP contribution in [0.25, 0.3) is 0 Å². The quantitative estimate of drug-likeness (QED) is 0.664. The Labute approximate surface area is 138 Å². The Morgan fingerprint density at radius 2 is 2.04 bits per heavy atom. The molecule has 2 rings (SSSR count). The van der Waals surface area contributed by atoms with E-state index >= 15 is 0 Å². The molecule has 2 aromatic carbocycles. The minimum Gasteiger partial charge on any atom is -0.484 e. The first-order valence-electron chi connectivity index (χ1n) is 6.81. The molecule has 120 valence electrons. The molecule has 2 aromatic rings. The van der Waals surface area contributed by atoms with E-state index in [0.717, 1.165) is 5.56 Å². The van der Waals surface area contributed by atoms with Gasteiger partial charge in [-0.1, -0.05) is 17.7 Å². The standard InChI is InChI=1S/C16H15ClN2O4/c1-10-8-12(6-7-13(10)17)23-9-16(20)18-14-4-3-5-15(11(14)2)19(21)22/h3-8H,9H2,1-2H3,(H,18,20). The summed E-state index contributed by atoms with van der Waals surface area (Å²) in [7, 11) is 0. The van der Waals surface area contributed by atoms with E-state index < -0.39 is 10.8 Å². The number of nitro benzene ring substituents is 1. The molecule has 1 N–H and O–H groups in total. The molecule has 0 heterocycles. The normalized spacial score (nSPS) is 10.2. The summed E-state index contributed by atoms with van der Waals surface area (Å²) >= 11 is 5.92. The molecule has 0 radical (unpaired) electrons. The first-order valence-corrected chi connectivity index (χ1v) is 7.19. The van der Waals surface area contributed by atoms with Gasteiger partial charge in [-0.3, -0.25) is 14.9 Å². The van der Waals surface area contributed by atoms with Gasteiger partial charge < -0.3 is 10.1 Å². The van der Waals surface area contributed by atoms with Crippen LogP contribution in [-0.2, 0) is 4.79 Å². The number of anilines is 1. The fraction of sp³-hybridized carbons (Fsp3) is 0.188. The van der Waals surface area contributed by atoms with E-state index in [0.29, 0.717) is 22.0 Å². The topological polar surface area (TPSA) is 81.5 Å². The maximum Gasteiger partial charge on any atom is 0.274 e. The lowest BCUT2D eigenvalue weighted by Crippen LogP contribution is -2.20. The lowest BCUT2D eigenvalue weighted by molar-refractivity contribution is -0.385. The molecular weight excluding hydrogens is 320 g/mol. The van der Waals surface area contributed by atoms with Crippen molar-refractivity contribution >= 4 is 28.9 Å². The van der Waals surface area contributed by atoms with Gasteiger partial charge in [-0.25, -0.2) is 0 Å². The summed E-state index contributed by atoms with van der Waals surface area (Å²) in [6, 6.07) is 9.60. The average molecular weight is 335 g/mol. The highest BCUT2D eigenvalue weighted by Gasteiger charge is 2.15. The summed E-state index contributed by atoms with van der Waals surface area (Å²) in [5, 5.41) is 14.1. The highest BCUT2D eigenvalue weighted by molar-refractivity contribution is 6.31. The largest absolute Gasteiger partial charge is 0.484 e. The molecule has 0 saturated heterocycles. The number of ether oxygens (including phenoxy) is 1. The van der Waals surface area contributed by atoms with Crippen LogP contribution in [0, 0.1) is 24.0 Å². The number of nitro groups is 1. The van der Waals surface area contributed by atoms with Crippen LogP contribution >= 0.6 is 11.6 Å². The van der Waals surface area contributed by atoms with Crippen LogP contribution in [0.2, 0.25) is 5.02 Å². The second-order valence-electron chi connectivity index (χ2n) is 4.95. The lowest BCUT2D eigenvalue weighted by atomic mass is 10.1. The van der Waals surface area contributed by atoms with Gasteiger partial charge in [0.1, 0.15) is 5.75 Å². The van der Waals surface area contributed by atoms with Gasteiger partial charge in [-0.2, -0.15) is 0 Å². The van der Waals surface area contributed by atoms with Crippen LogP contribution in [0.1, 0.15) is 11.1 Å². The van der Waals surface area contributed by atoms with Crippen molar-refractivity contribution in [3.05, 3.63) is 62.7 Å². The number of nitrogens with one attached hydrogen (secondary N) is 1. The van der Waals surface area contributed by atoms with Gasteiger partial charge in [-0.05, 0) is 43.7 Å². The summed E-state index contributed by atoms with van der Waals surface area (Å²) in [5.41, 5.74) is 1.59. The van der Waals surface area contributed by atoms with Crippen LogP contribution in [-0.4, -0.2) is 17.4 Å². The third-order valence-corrected chi connectivity index (χ3v) is 3.70. The van der Waals surface area contributed by atoms with Crippen molar-refractivity contribution in [1.82, 2.24) is 0 Å². The minimum atomic E-state index is -0.488. The van der Waals surface area contributed by atoms with Gasteiger partial charge in [-0.15, -0.1) is 0 Å². The molecule has 0 unspecified atom stereocenters. The monoisotopic (exact) mass is 334 g/mol. The van der Waals surface area contributed by atoms with Gasteiger partial charge in [0, 0.05) is 11.1 Å². The van der Waals surface area contributed by atoms with E-state index in [1.807, 2.05) is 6.92 Å². The van der Waals surface area contributed by atoms with E-state index in [9.17, 15) is 14.9 Å². The van der Waals surface area contributed by atoms with Crippen molar-refractivity contribution in [3.63, 3.8) is 0 Å². The maximum atomic E-state index is 11.9. The van der Waals surface area contributed by atoms with E-state index in [2.05, 4.69) is 5.32 Å². The van der Waals surface area contributed by atoms with E-state index in [1.165, 1.54) is 12.1 Å². The Bertz CT molecular complexity index is 762. The Kier molecular flexibility index (Phi) is 5.18. The van der Waals surface area contributed by atoms with Gasteiger partial charge in [0.15, 0.2) is 6.61 Å². The van der Waals surface area contributed by atoms with Crippen molar-refractivity contribution in [1.29, 1.82) is 0 Å². The Morgan fingerprint density at radius 3 is 2.70 bits per heavy atom. The summed E-state index contributed by atoms with van der Waals surface area (Å²) in [4.78, 5) is 22.3. The second kappa shape index (κ2) is 7.11. The van der Waals surface area contributed by atoms with Gasteiger partial charge in [0.05, 0.1) is 16.2 Å². The number of aryl methyl sites for hydroxylation is 1. The number of nitrogens with zero attached hydrogens (tertiary/aromatic N) is 1. The molecule has 7 heteroatoms. The summed E-state index contributed by atoms with van der Waals surface area (Å²) in [5.74, 6) is 0.124. The fourth-order valence-electron chi connectivity index (χ4n) is 2.00. The number of amides is 1. The zero-order valence-corrected chi connectivity index (χ0v) is 13.4. The van der Waals surface area contributed by atoms with Crippen LogP contribution < -0.4 is 10.1 Å². The van der Waals surface area contributed by atoms with Gasteiger partial charge >= 0.3 is 0 Å². The smallest absolute Gasteiger partial charge is 0.274 e.